The lowest BCUT2D eigenvalue weighted by molar-refractivity contribution is -0.991. The van der Waals surface area contributed by atoms with E-state index in [1.54, 1.807) is 12.1 Å². The number of nitrogens with one attached hydrogen (secondary N) is 1. The van der Waals surface area contributed by atoms with Crippen LogP contribution in [0.1, 0.15) is 23.0 Å². The van der Waals surface area contributed by atoms with Crippen molar-refractivity contribution in [1.82, 2.24) is 0 Å². The first-order chi connectivity index (χ1) is 15.6. The fraction of sp³-hybridized carbons (Fsp3) is 0.154. The summed E-state index contributed by atoms with van der Waals surface area (Å²) >= 11 is 0. The fourth-order valence-corrected chi connectivity index (χ4v) is 4.97. The monoisotopic (exact) mass is 426 g/mol. The molecule has 5 unspecified atom stereocenters. The number of quaternary nitrogens is 1. The number of benzene rings is 3. The van der Waals surface area contributed by atoms with Crippen LogP contribution in [0.2, 0.25) is 0 Å². The lowest BCUT2D eigenvalue weighted by Gasteiger charge is -2.32. The summed E-state index contributed by atoms with van der Waals surface area (Å²) in [5.41, 5.74) is 2.29. The molecule has 6 heteroatoms. The summed E-state index contributed by atoms with van der Waals surface area (Å²) in [6.07, 6.45) is 4.08. The second-order valence-corrected chi connectivity index (χ2v) is 8.18. The molecule has 1 saturated heterocycles. The molecule has 0 radical (unpaired) electrons. The molecule has 0 spiro atoms. The molecule has 0 saturated carbocycles. The highest BCUT2D eigenvalue weighted by Crippen LogP contribution is 2.50. The Hall–Kier alpha value is -3.58. The van der Waals surface area contributed by atoms with E-state index in [2.05, 4.69) is 0 Å². The Kier molecular flexibility index (Phi) is 5.19. The summed E-state index contributed by atoms with van der Waals surface area (Å²) in [5, 5.41) is 19.7. The second-order valence-electron chi connectivity index (χ2n) is 8.18. The predicted octanol–water partition coefficient (Wildman–Crippen LogP) is 3.33. The number of nitrogens with zero attached hydrogens (tertiary/aromatic N) is 1. The molecule has 1 fully saturated rings. The van der Waals surface area contributed by atoms with Crippen molar-refractivity contribution in [3.63, 3.8) is 0 Å². The minimum atomic E-state index is -1.10. The molecule has 5 atom stereocenters. The van der Waals surface area contributed by atoms with E-state index in [4.69, 9.17) is 0 Å². The maximum Gasteiger partial charge on any atom is 0.238 e. The van der Waals surface area contributed by atoms with Gasteiger partial charge in [-0.2, -0.15) is 5.23 Å². The number of carbonyl (C=O) groups excluding carboxylic acids is 2. The number of imide groups is 1. The number of amides is 2. The number of rotatable bonds is 4. The molecule has 1 aliphatic carbocycles. The van der Waals surface area contributed by atoms with Crippen LogP contribution in [0.15, 0.2) is 97.1 Å². The van der Waals surface area contributed by atoms with Crippen LogP contribution in [-0.4, -0.2) is 17.0 Å². The largest absolute Gasteiger partial charge is 0.595 e. The summed E-state index contributed by atoms with van der Waals surface area (Å²) < 4.78 is 0. The third kappa shape index (κ3) is 3.35. The van der Waals surface area contributed by atoms with Gasteiger partial charge in [-0.15, -0.1) is 0 Å². The van der Waals surface area contributed by atoms with E-state index in [1.807, 2.05) is 72.8 Å². The van der Waals surface area contributed by atoms with Crippen molar-refractivity contribution in [3.8, 4) is 0 Å². The number of hydrogen-bond acceptors (Lipinski definition) is 4. The van der Waals surface area contributed by atoms with Gasteiger partial charge in [0.05, 0.1) is 17.5 Å². The Morgan fingerprint density at radius 2 is 1.22 bits per heavy atom. The first-order valence-electron chi connectivity index (χ1n) is 10.6. The first-order valence-corrected chi connectivity index (χ1v) is 10.6. The van der Waals surface area contributed by atoms with E-state index in [-0.39, 0.29) is 29.3 Å². The Labute approximate surface area is 185 Å². The standard InChI is InChI=1S/C26H22N2O4/c29-25-23-21(17-8-3-1-4-9-17)14-15-22(18-10-5-2-6-11-18)24(23)26(30)27(25)19-12-7-13-20(16-19)28(31)32/h1-16,21-24,28,31H. The van der Waals surface area contributed by atoms with Crippen LogP contribution < -0.4 is 10.1 Å². The van der Waals surface area contributed by atoms with Gasteiger partial charge in [0.15, 0.2) is 5.69 Å². The van der Waals surface area contributed by atoms with Crippen LogP contribution in [0.5, 0.6) is 0 Å². The smallest absolute Gasteiger partial charge is 0.238 e. The van der Waals surface area contributed by atoms with Gasteiger partial charge in [0, 0.05) is 24.0 Å². The molecule has 6 nitrogen and oxygen atoms in total. The van der Waals surface area contributed by atoms with E-state index in [1.165, 1.54) is 17.0 Å². The summed E-state index contributed by atoms with van der Waals surface area (Å²) in [4.78, 5) is 28.6. The normalized spacial score (nSPS) is 25.6. The highest BCUT2D eigenvalue weighted by Gasteiger charge is 2.55. The molecule has 0 bridgehead atoms. The molecule has 5 rings (SSSR count). The van der Waals surface area contributed by atoms with Gasteiger partial charge in [-0.1, -0.05) is 78.9 Å². The first kappa shape index (κ1) is 20.3. The summed E-state index contributed by atoms with van der Waals surface area (Å²) in [7, 11) is 0. The molecule has 32 heavy (non-hydrogen) atoms. The molecular weight excluding hydrogens is 404 g/mol. The van der Waals surface area contributed by atoms with E-state index in [0.717, 1.165) is 11.1 Å². The number of fused-ring (bicyclic) bond motifs is 1. The molecule has 3 aromatic carbocycles. The summed E-state index contributed by atoms with van der Waals surface area (Å²) in [6, 6.07) is 25.5. The van der Waals surface area contributed by atoms with Crippen LogP contribution in [-0.2, 0) is 9.59 Å². The molecule has 1 aliphatic heterocycles. The number of hydrogen-bond donors (Lipinski definition) is 2. The van der Waals surface area contributed by atoms with Gasteiger partial charge in [-0.25, -0.2) is 10.1 Å². The Morgan fingerprint density at radius 3 is 1.69 bits per heavy atom. The Balaban J connectivity index is 1.62. The van der Waals surface area contributed by atoms with Crippen molar-refractivity contribution in [2.75, 3.05) is 4.90 Å². The zero-order valence-corrected chi connectivity index (χ0v) is 17.2. The van der Waals surface area contributed by atoms with Crippen molar-refractivity contribution in [3.05, 3.63) is 113 Å². The lowest BCUT2D eigenvalue weighted by atomic mass is 9.68. The van der Waals surface area contributed by atoms with Crippen molar-refractivity contribution in [2.45, 2.75) is 11.8 Å². The SMILES string of the molecule is O=C1C2C(c3ccccc3)C=CC(c3ccccc3)C2C(=O)N1c1cccc([NH+]([O-])O)c1. The van der Waals surface area contributed by atoms with Crippen molar-refractivity contribution < 1.29 is 20.0 Å². The molecule has 2 amide bonds. The quantitative estimate of drug-likeness (QED) is 0.381. The topological polar surface area (TPSA) is 85.1 Å². The van der Waals surface area contributed by atoms with Crippen LogP contribution in [0.3, 0.4) is 0 Å². The number of anilines is 1. The van der Waals surface area contributed by atoms with Gasteiger partial charge in [-0.05, 0) is 17.2 Å². The average molecular weight is 426 g/mol. The number of allylic oxidation sites excluding steroid dienone is 2. The van der Waals surface area contributed by atoms with E-state index in [9.17, 15) is 20.0 Å². The average Bonchev–Trinajstić information content (AvgIpc) is 3.10. The van der Waals surface area contributed by atoms with Crippen molar-refractivity contribution >= 4 is 23.2 Å². The summed E-state index contributed by atoms with van der Waals surface area (Å²) in [6.45, 7) is 0. The molecule has 3 aromatic rings. The highest BCUT2D eigenvalue weighted by molar-refractivity contribution is 6.23. The zero-order valence-electron chi connectivity index (χ0n) is 17.2. The van der Waals surface area contributed by atoms with Crippen LogP contribution >= 0.6 is 0 Å². The molecule has 2 aliphatic rings. The van der Waals surface area contributed by atoms with Gasteiger partial charge in [0.25, 0.3) is 0 Å². The third-order valence-corrected chi connectivity index (χ3v) is 6.42. The zero-order chi connectivity index (χ0) is 22.2. The minimum Gasteiger partial charge on any atom is -0.595 e. The summed E-state index contributed by atoms with van der Waals surface area (Å²) in [5.74, 6) is -2.17. The van der Waals surface area contributed by atoms with Crippen molar-refractivity contribution in [2.24, 2.45) is 11.8 Å². The molecule has 0 aromatic heterocycles. The number of carbonyl (C=O) groups is 2. The Morgan fingerprint density at radius 1 is 0.719 bits per heavy atom. The molecule has 2 N–H and O–H groups in total. The van der Waals surface area contributed by atoms with Gasteiger partial charge < -0.3 is 5.21 Å². The van der Waals surface area contributed by atoms with Crippen LogP contribution in [0, 0.1) is 17.0 Å². The molecule has 160 valence electrons. The fourth-order valence-electron chi connectivity index (χ4n) is 4.97. The van der Waals surface area contributed by atoms with E-state index in [0.29, 0.717) is 5.69 Å². The maximum atomic E-state index is 13.7. The lowest BCUT2D eigenvalue weighted by Crippen LogP contribution is -2.99. The van der Waals surface area contributed by atoms with E-state index < -0.39 is 17.1 Å². The third-order valence-electron chi connectivity index (χ3n) is 6.42. The van der Waals surface area contributed by atoms with E-state index >= 15 is 0 Å². The van der Waals surface area contributed by atoms with Crippen LogP contribution in [0.25, 0.3) is 0 Å². The second kappa shape index (κ2) is 8.16. The highest BCUT2D eigenvalue weighted by atomic mass is 16.8. The van der Waals surface area contributed by atoms with Gasteiger partial charge in [0.2, 0.25) is 11.8 Å². The molecular formula is C26H22N2O4. The van der Waals surface area contributed by atoms with Gasteiger partial charge in [0.1, 0.15) is 0 Å². The Bertz CT molecular complexity index is 1110. The molecule has 1 heterocycles. The maximum absolute atomic E-state index is 13.7. The predicted molar refractivity (Wildman–Crippen MR) is 119 cm³/mol. The van der Waals surface area contributed by atoms with Gasteiger partial charge in [-0.3, -0.25) is 9.59 Å². The van der Waals surface area contributed by atoms with Gasteiger partial charge >= 0.3 is 0 Å². The van der Waals surface area contributed by atoms with Crippen molar-refractivity contribution in [1.29, 1.82) is 0 Å². The van der Waals surface area contributed by atoms with Crippen LogP contribution in [0.4, 0.5) is 11.4 Å². The minimum absolute atomic E-state index is 0.0373.